The van der Waals surface area contributed by atoms with Crippen LogP contribution < -0.4 is 21.5 Å². The molecule has 0 amide bonds. The normalized spacial score (nSPS) is 12.1. The molecule has 17 heavy (non-hydrogen) atoms. The van der Waals surface area contributed by atoms with E-state index in [4.69, 9.17) is 16.2 Å². The Bertz CT molecular complexity index is 608. The lowest BCUT2D eigenvalue weighted by Crippen LogP contribution is -2.05. The summed E-state index contributed by atoms with van der Waals surface area (Å²) in [5, 5.41) is 3.29. The fourth-order valence-electron chi connectivity index (χ4n) is 1.89. The van der Waals surface area contributed by atoms with Crippen LogP contribution in [0.25, 0.3) is 0 Å². The van der Waals surface area contributed by atoms with Crippen LogP contribution in [-0.4, -0.2) is 0 Å². The Morgan fingerprint density at radius 1 is 0.941 bits per heavy atom. The molecule has 86 valence electrons. The van der Waals surface area contributed by atoms with Crippen LogP contribution in [0.2, 0.25) is 0 Å². The largest absolute Gasteiger partial charge is 0.453 e. The van der Waals surface area contributed by atoms with E-state index in [9.17, 15) is 0 Å². The van der Waals surface area contributed by atoms with Crippen LogP contribution in [0.5, 0.6) is 11.5 Å². The molecule has 0 fully saturated rings. The lowest BCUT2D eigenvalue weighted by Gasteiger charge is -2.22. The van der Waals surface area contributed by atoms with E-state index in [0.29, 0.717) is 17.1 Å². The van der Waals surface area contributed by atoms with Crippen molar-refractivity contribution in [1.82, 2.24) is 0 Å². The van der Waals surface area contributed by atoms with Gasteiger partial charge in [-0.3, -0.25) is 0 Å². The van der Waals surface area contributed by atoms with Crippen LogP contribution in [0.3, 0.4) is 0 Å². The Kier molecular flexibility index (Phi) is 1.92. The molecule has 0 aromatic heterocycles. The van der Waals surface area contributed by atoms with E-state index >= 15 is 0 Å². The minimum atomic E-state index is 0.529. The lowest BCUT2D eigenvalue weighted by molar-refractivity contribution is 0.481. The topological polar surface area (TPSA) is 73.3 Å². The molecule has 2 aromatic carbocycles. The van der Waals surface area contributed by atoms with E-state index in [1.54, 1.807) is 12.1 Å². The maximum absolute atomic E-state index is 5.77. The molecule has 1 aliphatic rings. The van der Waals surface area contributed by atoms with Gasteiger partial charge in [0, 0.05) is 6.07 Å². The monoisotopic (exact) mass is 227 g/mol. The van der Waals surface area contributed by atoms with E-state index in [1.165, 1.54) is 5.56 Å². The van der Waals surface area contributed by atoms with Crippen LogP contribution in [0, 0.1) is 6.92 Å². The minimum Gasteiger partial charge on any atom is -0.453 e. The van der Waals surface area contributed by atoms with Crippen LogP contribution in [-0.2, 0) is 0 Å². The van der Waals surface area contributed by atoms with Crippen LogP contribution in [0.4, 0.5) is 22.7 Å². The van der Waals surface area contributed by atoms with Gasteiger partial charge in [0.25, 0.3) is 0 Å². The van der Waals surface area contributed by atoms with Gasteiger partial charge in [-0.1, -0.05) is 6.07 Å². The van der Waals surface area contributed by atoms with Gasteiger partial charge in [-0.05, 0) is 30.7 Å². The van der Waals surface area contributed by atoms with Gasteiger partial charge in [-0.15, -0.1) is 0 Å². The van der Waals surface area contributed by atoms with Crippen molar-refractivity contribution in [2.45, 2.75) is 6.92 Å². The number of aryl methyl sites for hydroxylation is 1. The summed E-state index contributed by atoms with van der Waals surface area (Å²) in [6, 6.07) is 9.50. The van der Waals surface area contributed by atoms with Crippen LogP contribution in [0.15, 0.2) is 30.3 Å². The third kappa shape index (κ3) is 1.54. The summed E-state index contributed by atoms with van der Waals surface area (Å²) in [6.07, 6.45) is 0. The Morgan fingerprint density at radius 3 is 2.47 bits per heavy atom. The number of benzene rings is 2. The highest BCUT2D eigenvalue weighted by Gasteiger charge is 2.17. The molecule has 4 nitrogen and oxygen atoms in total. The second-order valence-electron chi connectivity index (χ2n) is 4.20. The molecule has 2 aromatic rings. The Labute approximate surface area is 99.2 Å². The van der Waals surface area contributed by atoms with Crippen molar-refractivity contribution in [2.75, 3.05) is 16.8 Å². The lowest BCUT2D eigenvalue weighted by atomic mass is 10.1. The van der Waals surface area contributed by atoms with Gasteiger partial charge in [-0.2, -0.15) is 0 Å². The van der Waals surface area contributed by atoms with Gasteiger partial charge >= 0.3 is 0 Å². The Hall–Kier alpha value is -2.36. The van der Waals surface area contributed by atoms with E-state index in [0.717, 1.165) is 17.1 Å². The summed E-state index contributed by atoms with van der Waals surface area (Å²) < 4.78 is 5.77. The fourth-order valence-corrected chi connectivity index (χ4v) is 1.89. The number of rotatable bonds is 0. The number of nitrogens with two attached hydrogens (primary N) is 2. The number of nitrogen functional groups attached to an aromatic ring is 2. The zero-order valence-corrected chi connectivity index (χ0v) is 9.45. The molecular formula is C13H13N3O. The highest BCUT2D eigenvalue weighted by Crippen LogP contribution is 2.44. The van der Waals surface area contributed by atoms with Crippen molar-refractivity contribution in [2.24, 2.45) is 0 Å². The average molecular weight is 227 g/mol. The highest BCUT2D eigenvalue weighted by molar-refractivity contribution is 5.82. The van der Waals surface area contributed by atoms with Crippen molar-refractivity contribution < 1.29 is 4.74 Å². The van der Waals surface area contributed by atoms with Gasteiger partial charge < -0.3 is 21.5 Å². The molecule has 0 radical (unpaired) electrons. The zero-order chi connectivity index (χ0) is 12.0. The standard InChI is InChI=1S/C13H13N3O/c1-7-2-3-12-10(4-7)16-11-5-8(14)9(15)6-13(11)17-12/h2-6,16H,14-15H2,1H3. The first kappa shape index (κ1) is 9.84. The number of anilines is 4. The van der Waals surface area contributed by atoms with Crippen molar-refractivity contribution in [3.05, 3.63) is 35.9 Å². The molecule has 1 aliphatic heterocycles. The molecule has 0 aliphatic carbocycles. The van der Waals surface area contributed by atoms with Crippen molar-refractivity contribution in [3.63, 3.8) is 0 Å². The van der Waals surface area contributed by atoms with Crippen LogP contribution >= 0.6 is 0 Å². The first-order chi connectivity index (χ1) is 8.13. The quantitative estimate of drug-likeness (QED) is 0.516. The number of hydrogen-bond donors (Lipinski definition) is 3. The summed E-state index contributed by atoms with van der Waals surface area (Å²) in [5.41, 5.74) is 15.6. The molecule has 0 unspecified atom stereocenters. The number of fused-ring (bicyclic) bond motifs is 2. The molecule has 0 saturated carbocycles. The van der Waals surface area contributed by atoms with E-state index < -0.39 is 0 Å². The predicted molar refractivity (Wildman–Crippen MR) is 69.8 cm³/mol. The van der Waals surface area contributed by atoms with Gasteiger partial charge in [0.2, 0.25) is 0 Å². The van der Waals surface area contributed by atoms with Gasteiger partial charge in [0.15, 0.2) is 11.5 Å². The number of hydrogen-bond acceptors (Lipinski definition) is 4. The summed E-state index contributed by atoms with van der Waals surface area (Å²) >= 11 is 0. The first-order valence-corrected chi connectivity index (χ1v) is 5.38. The molecule has 3 rings (SSSR count). The SMILES string of the molecule is Cc1ccc2c(c1)Nc1cc(N)c(N)cc1O2. The smallest absolute Gasteiger partial charge is 0.153 e. The molecule has 5 N–H and O–H groups in total. The third-order valence-corrected chi connectivity index (χ3v) is 2.81. The Morgan fingerprint density at radius 2 is 1.65 bits per heavy atom. The Balaban J connectivity index is 2.11. The van der Waals surface area contributed by atoms with E-state index in [1.807, 2.05) is 25.1 Å². The maximum Gasteiger partial charge on any atom is 0.153 e. The average Bonchev–Trinajstić information content (AvgIpc) is 2.28. The summed E-state index contributed by atoms with van der Waals surface area (Å²) in [5.74, 6) is 1.50. The third-order valence-electron chi connectivity index (χ3n) is 2.81. The van der Waals surface area contributed by atoms with E-state index in [-0.39, 0.29) is 0 Å². The second kappa shape index (κ2) is 3.31. The summed E-state index contributed by atoms with van der Waals surface area (Å²) in [4.78, 5) is 0. The molecule has 0 saturated heterocycles. The number of ether oxygens (including phenoxy) is 1. The van der Waals surface area contributed by atoms with Crippen molar-refractivity contribution >= 4 is 22.7 Å². The molecule has 0 bridgehead atoms. The van der Waals surface area contributed by atoms with Crippen LogP contribution in [0.1, 0.15) is 5.56 Å². The first-order valence-electron chi connectivity index (χ1n) is 5.38. The summed E-state index contributed by atoms with van der Waals surface area (Å²) in [7, 11) is 0. The summed E-state index contributed by atoms with van der Waals surface area (Å²) in [6.45, 7) is 2.04. The maximum atomic E-state index is 5.77. The fraction of sp³-hybridized carbons (Fsp3) is 0.0769. The second-order valence-corrected chi connectivity index (χ2v) is 4.20. The van der Waals surface area contributed by atoms with Gasteiger partial charge in [0.05, 0.1) is 22.7 Å². The van der Waals surface area contributed by atoms with Gasteiger partial charge in [-0.25, -0.2) is 0 Å². The molecule has 0 spiro atoms. The van der Waals surface area contributed by atoms with Gasteiger partial charge in [0.1, 0.15) is 0 Å². The number of nitrogens with one attached hydrogen (secondary N) is 1. The molecule has 4 heteroatoms. The predicted octanol–water partition coefficient (Wildman–Crippen LogP) is 3.01. The molecular weight excluding hydrogens is 214 g/mol. The van der Waals surface area contributed by atoms with E-state index in [2.05, 4.69) is 5.32 Å². The molecule has 1 heterocycles. The molecule has 0 atom stereocenters. The highest BCUT2D eigenvalue weighted by atomic mass is 16.5. The minimum absolute atomic E-state index is 0.529. The van der Waals surface area contributed by atoms with Crippen molar-refractivity contribution in [1.29, 1.82) is 0 Å². The van der Waals surface area contributed by atoms with Crippen molar-refractivity contribution in [3.8, 4) is 11.5 Å². The zero-order valence-electron chi connectivity index (χ0n) is 9.45.